The molecule has 0 saturated heterocycles. The Kier molecular flexibility index (Phi) is 4.10. The van der Waals surface area contributed by atoms with Crippen LogP contribution in [0, 0.1) is 0 Å². The fourth-order valence-electron chi connectivity index (χ4n) is 1.57. The number of imidazole rings is 1. The van der Waals surface area contributed by atoms with Gasteiger partial charge in [0.05, 0.1) is 0 Å². The van der Waals surface area contributed by atoms with Crippen LogP contribution in [0.15, 0.2) is 40.6 Å². The first-order valence-electron chi connectivity index (χ1n) is 5.37. The van der Waals surface area contributed by atoms with Gasteiger partial charge in [-0.3, -0.25) is 0 Å². The number of H-pyrrole nitrogens is 1. The fraction of sp³-hybridized carbons (Fsp3) is 0.250. The van der Waals surface area contributed by atoms with Crippen molar-refractivity contribution < 1.29 is 0 Å². The number of rotatable bonds is 4. The maximum atomic E-state index is 6.21. The van der Waals surface area contributed by atoms with E-state index in [1.807, 2.05) is 25.1 Å². The third-order valence-electron chi connectivity index (χ3n) is 2.28. The number of aromatic amines is 1. The molecule has 90 valence electrons. The molecule has 2 aromatic rings. The van der Waals surface area contributed by atoms with Gasteiger partial charge in [-0.1, -0.05) is 29.4 Å². The Morgan fingerprint density at radius 2 is 2.35 bits per heavy atom. The van der Waals surface area contributed by atoms with Crippen molar-refractivity contribution in [2.24, 2.45) is 5.73 Å². The van der Waals surface area contributed by atoms with Crippen molar-refractivity contribution in [3.63, 3.8) is 0 Å². The largest absolute Gasteiger partial charge is 0.339 e. The van der Waals surface area contributed by atoms with E-state index in [-0.39, 0.29) is 6.04 Å². The molecule has 0 radical (unpaired) electrons. The second-order valence-corrected chi connectivity index (χ2v) is 5.33. The molecule has 2 rings (SSSR count). The molecule has 1 aromatic carbocycles. The number of hydrogen-bond acceptors (Lipinski definition) is 3. The summed E-state index contributed by atoms with van der Waals surface area (Å²) in [5.74, 6) is 0. The SMILES string of the molecule is CC(N)Cc1c(Cl)cccc1Sc1ncc[nH]1. The minimum atomic E-state index is 0.0888. The summed E-state index contributed by atoms with van der Waals surface area (Å²) in [5, 5.41) is 1.62. The van der Waals surface area contributed by atoms with Crippen LogP contribution < -0.4 is 5.73 Å². The molecule has 3 N–H and O–H groups in total. The lowest BCUT2D eigenvalue weighted by molar-refractivity contribution is 0.729. The number of hydrogen-bond donors (Lipinski definition) is 2. The average Bonchev–Trinajstić information content (AvgIpc) is 2.75. The van der Waals surface area contributed by atoms with Crippen LogP contribution in [-0.4, -0.2) is 16.0 Å². The monoisotopic (exact) mass is 267 g/mol. The number of aromatic nitrogens is 2. The molecular weight excluding hydrogens is 254 g/mol. The van der Waals surface area contributed by atoms with Gasteiger partial charge >= 0.3 is 0 Å². The van der Waals surface area contributed by atoms with Gasteiger partial charge in [0.2, 0.25) is 0 Å². The van der Waals surface area contributed by atoms with Gasteiger partial charge in [-0.15, -0.1) is 0 Å². The molecule has 0 spiro atoms. The van der Waals surface area contributed by atoms with Crippen molar-refractivity contribution in [2.75, 3.05) is 0 Å². The van der Waals surface area contributed by atoms with Crippen molar-refractivity contribution in [1.82, 2.24) is 9.97 Å². The Morgan fingerprint density at radius 3 is 3.00 bits per heavy atom. The molecule has 0 aliphatic rings. The molecule has 0 fully saturated rings. The number of halogens is 1. The van der Waals surface area contributed by atoms with Crippen LogP contribution >= 0.6 is 23.4 Å². The molecule has 1 heterocycles. The molecule has 1 atom stereocenters. The number of nitrogens with two attached hydrogens (primary N) is 1. The van der Waals surface area contributed by atoms with Crippen molar-refractivity contribution in [2.45, 2.75) is 29.4 Å². The van der Waals surface area contributed by atoms with Crippen molar-refractivity contribution >= 4 is 23.4 Å². The summed E-state index contributed by atoms with van der Waals surface area (Å²) in [6.45, 7) is 1.98. The van der Waals surface area contributed by atoms with E-state index < -0.39 is 0 Å². The lowest BCUT2D eigenvalue weighted by atomic mass is 10.1. The summed E-state index contributed by atoms with van der Waals surface area (Å²) in [7, 11) is 0. The number of nitrogens with one attached hydrogen (secondary N) is 1. The first kappa shape index (κ1) is 12.5. The Hall–Kier alpha value is -0.970. The minimum Gasteiger partial charge on any atom is -0.339 e. The van der Waals surface area contributed by atoms with E-state index in [9.17, 15) is 0 Å². The van der Waals surface area contributed by atoms with Gasteiger partial charge in [0, 0.05) is 28.4 Å². The summed E-state index contributed by atoms with van der Waals surface area (Å²) < 4.78 is 0. The van der Waals surface area contributed by atoms with Crippen molar-refractivity contribution in [3.05, 3.63) is 41.2 Å². The third kappa shape index (κ3) is 3.25. The molecule has 0 aliphatic carbocycles. The molecule has 0 aliphatic heterocycles. The first-order chi connectivity index (χ1) is 8.16. The van der Waals surface area contributed by atoms with Crippen LogP contribution in [0.25, 0.3) is 0 Å². The second-order valence-electron chi connectivity index (χ2n) is 3.89. The van der Waals surface area contributed by atoms with E-state index in [2.05, 4.69) is 9.97 Å². The Balaban J connectivity index is 2.29. The van der Waals surface area contributed by atoms with E-state index in [1.165, 1.54) is 0 Å². The summed E-state index contributed by atoms with van der Waals surface area (Å²) in [4.78, 5) is 8.36. The lowest BCUT2D eigenvalue weighted by Crippen LogP contribution is -2.18. The van der Waals surface area contributed by atoms with E-state index in [4.69, 9.17) is 17.3 Å². The standard InChI is InChI=1S/C12H14ClN3S/c1-8(14)7-9-10(13)3-2-4-11(9)17-12-15-5-6-16-12/h2-6,8H,7,14H2,1H3,(H,15,16). The maximum Gasteiger partial charge on any atom is 0.170 e. The quantitative estimate of drug-likeness (QED) is 0.895. The Bertz CT molecular complexity index is 483. The van der Waals surface area contributed by atoms with Gasteiger partial charge in [0.15, 0.2) is 5.16 Å². The normalized spacial score (nSPS) is 12.6. The average molecular weight is 268 g/mol. The van der Waals surface area contributed by atoms with Gasteiger partial charge in [-0.25, -0.2) is 4.98 Å². The van der Waals surface area contributed by atoms with Gasteiger partial charge < -0.3 is 10.7 Å². The summed E-state index contributed by atoms with van der Waals surface area (Å²) in [6, 6.07) is 5.96. The summed E-state index contributed by atoms with van der Waals surface area (Å²) >= 11 is 7.78. The first-order valence-corrected chi connectivity index (χ1v) is 6.56. The van der Waals surface area contributed by atoms with Crippen molar-refractivity contribution in [1.29, 1.82) is 0 Å². The highest BCUT2D eigenvalue weighted by atomic mass is 35.5. The molecule has 17 heavy (non-hydrogen) atoms. The Morgan fingerprint density at radius 1 is 1.53 bits per heavy atom. The minimum absolute atomic E-state index is 0.0888. The predicted octanol–water partition coefficient (Wildman–Crippen LogP) is 3.10. The van der Waals surface area contributed by atoms with E-state index in [0.717, 1.165) is 27.1 Å². The lowest BCUT2D eigenvalue weighted by Gasteiger charge is -2.12. The van der Waals surface area contributed by atoms with Crippen LogP contribution in [0.1, 0.15) is 12.5 Å². The summed E-state index contributed by atoms with van der Waals surface area (Å²) in [5.41, 5.74) is 6.93. The van der Waals surface area contributed by atoms with Gasteiger partial charge in [-0.05, 0) is 31.0 Å². The van der Waals surface area contributed by atoms with Gasteiger partial charge in [0.25, 0.3) is 0 Å². The number of nitrogens with zero attached hydrogens (tertiary/aromatic N) is 1. The highest BCUT2D eigenvalue weighted by Crippen LogP contribution is 2.32. The molecule has 3 nitrogen and oxygen atoms in total. The van der Waals surface area contributed by atoms with E-state index in [0.29, 0.717) is 0 Å². The molecular formula is C12H14ClN3S. The maximum absolute atomic E-state index is 6.21. The van der Waals surface area contributed by atoms with Crippen LogP contribution in [-0.2, 0) is 6.42 Å². The van der Waals surface area contributed by atoms with Gasteiger partial charge in [0.1, 0.15) is 0 Å². The fourth-order valence-corrected chi connectivity index (χ4v) is 2.78. The van der Waals surface area contributed by atoms with Crippen molar-refractivity contribution in [3.8, 4) is 0 Å². The zero-order chi connectivity index (χ0) is 12.3. The predicted molar refractivity (Wildman–Crippen MR) is 71.5 cm³/mol. The summed E-state index contributed by atoms with van der Waals surface area (Å²) in [6.07, 6.45) is 4.30. The Labute approximate surface area is 110 Å². The van der Waals surface area contributed by atoms with Crippen LogP contribution in [0.5, 0.6) is 0 Å². The van der Waals surface area contributed by atoms with Crippen LogP contribution in [0.2, 0.25) is 5.02 Å². The molecule has 5 heteroatoms. The molecule has 0 bridgehead atoms. The smallest absolute Gasteiger partial charge is 0.170 e. The van der Waals surface area contributed by atoms with Crippen LogP contribution in [0.3, 0.4) is 0 Å². The topological polar surface area (TPSA) is 54.7 Å². The van der Waals surface area contributed by atoms with Crippen LogP contribution in [0.4, 0.5) is 0 Å². The zero-order valence-corrected chi connectivity index (χ0v) is 11.1. The van der Waals surface area contributed by atoms with E-state index in [1.54, 1.807) is 24.2 Å². The molecule has 0 saturated carbocycles. The molecule has 1 aromatic heterocycles. The van der Waals surface area contributed by atoms with Gasteiger partial charge in [-0.2, -0.15) is 0 Å². The van der Waals surface area contributed by atoms with E-state index >= 15 is 0 Å². The zero-order valence-electron chi connectivity index (χ0n) is 9.48. The highest BCUT2D eigenvalue weighted by Gasteiger charge is 2.11. The third-order valence-corrected chi connectivity index (χ3v) is 3.65. The molecule has 1 unspecified atom stereocenters. The highest BCUT2D eigenvalue weighted by molar-refractivity contribution is 7.99. The number of benzene rings is 1. The molecule has 0 amide bonds. The second kappa shape index (κ2) is 5.58.